The van der Waals surface area contributed by atoms with Gasteiger partial charge in [0.25, 0.3) is 0 Å². The van der Waals surface area contributed by atoms with Crippen LogP contribution in [0.5, 0.6) is 0 Å². The maximum atomic E-state index is 11.9. The predicted molar refractivity (Wildman–Crippen MR) is 92.1 cm³/mol. The Hall–Kier alpha value is -2.01. The molecule has 2 rings (SSSR count). The minimum absolute atomic E-state index is 0.133. The molecule has 116 valence electrons. The second-order valence-corrected chi connectivity index (χ2v) is 7.11. The van der Waals surface area contributed by atoms with Gasteiger partial charge in [0.1, 0.15) is 5.01 Å². The smallest absolute Gasteiger partial charge is 0.250 e. The number of carbonyl (C=O) groups excluding carboxylic acids is 1. The number of nitrogens with one attached hydrogen (secondary N) is 1. The van der Waals surface area contributed by atoms with Crippen LogP contribution in [0, 0.1) is 0 Å². The van der Waals surface area contributed by atoms with Crippen LogP contribution in [0.15, 0.2) is 30.3 Å². The summed E-state index contributed by atoms with van der Waals surface area (Å²) in [6, 6.07) is 8.22. The summed E-state index contributed by atoms with van der Waals surface area (Å²) in [5.41, 5.74) is 2.40. The van der Waals surface area contributed by atoms with Gasteiger partial charge in [-0.05, 0) is 29.0 Å². The van der Waals surface area contributed by atoms with Crippen molar-refractivity contribution in [1.29, 1.82) is 0 Å². The lowest BCUT2D eigenvalue weighted by atomic mass is 9.87. The minimum atomic E-state index is -0.196. The number of aromatic nitrogens is 2. The number of hydrogen-bond donors (Lipinski definition) is 1. The van der Waals surface area contributed by atoms with E-state index < -0.39 is 0 Å². The maximum absolute atomic E-state index is 11.9. The number of anilines is 1. The van der Waals surface area contributed by atoms with Crippen molar-refractivity contribution in [3.8, 4) is 0 Å². The van der Waals surface area contributed by atoms with Gasteiger partial charge in [0.2, 0.25) is 11.0 Å². The fourth-order valence-corrected chi connectivity index (χ4v) is 2.54. The molecule has 2 aromatic rings. The van der Waals surface area contributed by atoms with Crippen molar-refractivity contribution in [2.45, 2.75) is 39.5 Å². The number of carbonyl (C=O) groups is 1. The number of rotatable bonds is 4. The molecule has 0 aliphatic rings. The molecule has 0 saturated carbocycles. The highest BCUT2D eigenvalue weighted by Crippen LogP contribution is 2.22. The molecule has 0 aliphatic carbocycles. The Labute approximate surface area is 135 Å². The first-order chi connectivity index (χ1) is 10.4. The standard InChI is InChI=1S/C17H21N3OS/c1-5-15-19-20-16(22-15)18-14(21)11-8-12-6-9-13(10-7-12)17(2,3)4/h6-11H,5H2,1-4H3,(H,18,20,21)/b11-8+. The van der Waals surface area contributed by atoms with E-state index in [1.165, 1.54) is 23.0 Å². The zero-order chi connectivity index (χ0) is 16.2. The van der Waals surface area contributed by atoms with E-state index in [0.29, 0.717) is 5.13 Å². The zero-order valence-corrected chi connectivity index (χ0v) is 14.2. The number of nitrogens with zero attached hydrogens (tertiary/aromatic N) is 2. The summed E-state index contributed by atoms with van der Waals surface area (Å²) in [5, 5.41) is 12.1. The molecule has 0 atom stereocenters. The summed E-state index contributed by atoms with van der Waals surface area (Å²) in [6.07, 6.45) is 4.13. The molecule has 1 heterocycles. The molecule has 0 fully saturated rings. The highest BCUT2D eigenvalue weighted by atomic mass is 32.1. The van der Waals surface area contributed by atoms with Crippen molar-refractivity contribution in [3.05, 3.63) is 46.5 Å². The molecular formula is C17H21N3OS. The van der Waals surface area contributed by atoms with E-state index in [-0.39, 0.29) is 11.3 Å². The molecule has 1 aromatic heterocycles. The summed E-state index contributed by atoms with van der Waals surface area (Å²) < 4.78 is 0. The first-order valence-electron chi connectivity index (χ1n) is 7.30. The van der Waals surface area contributed by atoms with E-state index in [4.69, 9.17) is 0 Å². The van der Waals surface area contributed by atoms with E-state index in [0.717, 1.165) is 17.0 Å². The molecule has 0 spiro atoms. The van der Waals surface area contributed by atoms with E-state index in [1.807, 2.05) is 19.1 Å². The molecule has 1 N–H and O–H groups in total. The molecular weight excluding hydrogens is 294 g/mol. The van der Waals surface area contributed by atoms with E-state index in [1.54, 1.807) is 6.08 Å². The molecule has 0 radical (unpaired) electrons. The van der Waals surface area contributed by atoms with Crippen molar-refractivity contribution in [3.63, 3.8) is 0 Å². The Morgan fingerprint density at radius 2 is 1.91 bits per heavy atom. The van der Waals surface area contributed by atoms with Crippen LogP contribution in [0.3, 0.4) is 0 Å². The number of amides is 1. The fraction of sp³-hybridized carbons (Fsp3) is 0.353. The Morgan fingerprint density at radius 3 is 2.45 bits per heavy atom. The normalized spacial score (nSPS) is 11.8. The van der Waals surface area contributed by atoms with Crippen molar-refractivity contribution in [1.82, 2.24) is 10.2 Å². The molecule has 4 nitrogen and oxygen atoms in total. The van der Waals surface area contributed by atoms with Gasteiger partial charge in [-0.25, -0.2) is 0 Å². The molecule has 1 aromatic carbocycles. The lowest BCUT2D eigenvalue weighted by molar-refractivity contribution is -0.111. The largest absolute Gasteiger partial charge is 0.297 e. The highest BCUT2D eigenvalue weighted by Gasteiger charge is 2.12. The number of aryl methyl sites for hydroxylation is 1. The second kappa shape index (κ2) is 6.83. The van der Waals surface area contributed by atoms with Crippen molar-refractivity contribution in [2.75, 3.05) is 5.32 Å². The van der Waals surface area contributed by atoms with Crippen molar-refractivity contribution < 1.29 is 4.79 Å². The Kier molecular flexibility index (Phi) is 5.08. The third-order valence-electron chi connectivity index (χ3n) is 3.20. The van der Waals surface area contributed by atoms with Gasteiger partial charge in [0.05, 0.1) is 0 Å². The summed E-state index contributed by atoms with van der Waals surface area (Å²) >= 11 is 1.40. The van der Waals surface area contributed by atoms with Gasteiger partial charge in [-0.15, -0.1) is 10.2 Å². The lowest BCUT2D eigenvalue weighted by Gasteiger charge is -2.18. The summed E-state index contributed by atoms with van der Waals surface area (Å²) in [6.45, 7) is 8.54. The first kappa shape index (κ1) is 16.4. The van der Waals surface area contributed by atoms with Gasteiger partial charge in [0, 0.05) is 6.08 Å². The maximum Gasteiger partial charge on any atom is 0.250 e. The SMILES string of the molecule is CCc1nnc(NC(=O)/C=C/c2ccc(C(C)(C)C)cc2)s1. The summed E-state index contributed by atoms with van der Waals surface area (Å²) in [5.74, 6) is -0.196. The van der Waals surface area contributed by atoms with Gasteiger partial charge >= 0.3 is 0 Å². The molecule has 5 heteroatoms. The van der Waals surface area contributed by atoms with Gasteiger partial charge in [-0.1, -0.05) is 63.3 Å². The number of benzene rings is 1. The van der Waals surface area contributed by atoms with Crippen LogP contribution in [0.4, 0.5) is 5.13 Å². The molecule has 0 bridgehead atoms. The van der Waals surface area contributed by atoms with Gasteiger partial charge in [0.15, 0.2) is 0 Å². The van der Waals surface area contributed by atoms with Crippen molar-refractivity contribution >= 4 is 28.5 Å². The summed E-state index contributed by atoms with van der Waals surface area (Å²) in [7, 11) is 0. The molecule has 0 saturated heterocycles. The Balaban J connectivity index is 1.97. The van der Waals surface area contributed by atoms with E-state index in [2.05, 4.69) is 48.4 Å². The Morgan fingerprint density at radius 1 is 1.23 bits per heavy atom. The van der Waals surface area contributed by atoms with E-state index >= 15 is 0 Å². The topological polar surface area (TPSA) is 54.9 Å². The van der Waals surface area contributed by atoms with Crippen LogP contribution in [-0.4, -0.2) is 16.1 Å². The van der Waals surface area contributed by atoms with Gasteiger partial charge in [-0.2, -0.15) is 0 Å². The number of hydrogen-bond acceptors (Lipinski definition) is 4. The van der Waals surface area contributed by atoms with Crippen LogP contribution < -0.4 is 5.32 Å². The second-order valence-electron chi connectivity index (χ2n) is 6.05. The first-order valence-corrected chi connectivity index (χ1v) is 8.12. The third-order valence-corrected chi connectivity index (χ3v) is 4.19. The summed E-state index contributed by atoms with van der Waals surface area (Å²) in [4.78, 5) is 11.9. The van der Waals surface area contributed by atoms with Gasteiger partial charge in [-0.3, -0.25) is 10.1 Å². The van der Waals surface area contributed by atoms with Crippen LogP contribution >= 0.6 is 11.3 Å². The molecule has 0 aliphatic heterocycles. The van der Waals surface area contributed by atoms with Crippen molar-refractivity contribution in [2.24, 2.45) is 0 Å². The monoisotopic (exact) mass is 315 g/mol. The van der Waals surface area contributed by atoms with Crippen LogP contribution in [0.2, 0.25) is 0 Å². The van der Waals surface area contributed by atoms with Crippen LogP contribution in [-0.2, 0) is 16.6 Å². The zero-order valence-electron chi connectivity index (χ0n) is 13.4. The third kappa shape index (κ3) is 4.49. The minimum Gasteiger partial charge on any atom is -0.297 e. The molecule has 0 unspecified atom stereocenters. The van der Waals surface area contributed by atoms with Crippen LogP contribution in [0.1, 0.15) is 43.8 Å². The van der Waals surface area contributed by atoms with Gasteiger partial charge < -0.3 is 0 Å². The average Bonchev–Trinajstić information content (AvgIpc) is 2.92. The average molecular weight is 315 g/mol. The predicted octanol–water partition coefficient (Wildman–Crippen LogP) is 4.05. The molecule has 22 heavy (non-hydrogen) atoms. The lowest BCUT2D eigenvalue weighted by Crippen LogP contribution is -2.10. The Bertz CT molecular complexity index is 666. The molecule has 1 amide bonds. The highest BCUT2D eigenvalue weighted by molar-refractivity contribution is 7.15. The quantitative estimate of drug-likeness (QED) is 0.866. The van der Waals surface area contributed by atoms with Crippen LogP contribution in [0.25, 0.3) is 6.08 Å². The van der Waals surface area contributed by atoms with E-state index in [9.17, 15) is 4.79 Å². The fourth-order valence-electron chi connectivity index (χ4n) is 1.86.